The summed E-state index contributed by atoms with van der Waals surface area (Å²) in [4.78, 5) is 7.05. The molecule has 2 aromatic carbocycles. The van der Waals surface area contributed by atoms with Gasteiger partial charge < -0.3 is 9.67 Å². The molecule has 0 bridgehead atoms. The summed E-state index contributed by atoms with van der Waals surface area (Å²) in [6.45, 7) is 5.24. The average Bonchev–Trinajstić information content (AvgIpc) is 3.00. The van der Waals surface area contributed by atoms with E-state index >= 15 is 0 Å². The zero-order valence-corrected chi connectivity index (χ0v) is 15.0. The van der Waals surface area contributed by atoms with Crippen LogP contribution in [0.1, 0.15) is 30.7 Å². The lowest BCUT2D eigenvalue weighted by atomic mass is 9.87. The van der Waals surface area contributed by atoms with E-state index < -0.39 is 6.10 Å². The second-order valence-electron chi connectivity index (χ2n) is 7.01. The van der Waals surface area contributed by atoms with Crippen molar-refractivity contribution in [2.45, 2.75) is 38.5 Å². The molecule has 1 saturated heterocycles. The fraction of sp³-hybridized carbons (Fsp3) is 0.381. The van der Waals surface area contributed by atoms with E-state index in [1.807, 2.05) is 18.2 Å². The Morgan fingerprint density at radius 3 is 2.65 bits per heavy atom. The zero-order chi connectivity index (χ0) is 18.1. The van der Waals surface area contributed by atoms with Gasteiger partial charge in [-0.2, -0.15) is 0 Å². The second-order valence-corrected chi connectivity index (χ2v) is 7.01. The molecule has 26 heavy (non-hydrogen) atoms. The number of likely N-dealkylation sites (tertiary alicyclic amines) is 1. The normalized spacial score (nSPS) is 21.3. The molecule has 136 valence electrons. The number of aryl methyl sites for hydroxylation is 1. The third-order valence-corrected chi connectivity index (χ3v) is 5.38. The number of hydrogen-bond donors (Lipinski definition) is 1. The average molecular weight is 353 g/mol. The number of β-amino-alcohol motifs (C(OH)–C–C–N with tert-alkyl or cyclic N) is 1. The minimum Gasteiger partial charge on any atom is -0.391 e. The lowest BCUT2D eigenvalue weighted by Crippen LogP contribution is -2.42. The van der Waals surface area contributed by atoms with Crippen LogP contribution in [0.25, 0.3) is 11.0 Å². The molecular formula is C21H24FN3O. The van der Waals surface area contributed by atoms with Crippen molar-refractivity contribution >= 4 is 11.0 Å². The van der Waals surface area contributed by atoms with Gasteiger partial charge in [-0.05, 0) is 49.7 Å². The molecule has 1 aliphatic rings. The maximum atomic E-state index is 13.1. The van der Waals surface area contributed by atoms with Gasteiger partial charge in [0.1, 0.15) is 11.6 Å². The maximum Gasteiger partial charge on any atom is 0.124 e. The molecule has 0 amide bonds. The largest absolute Gasteiger partial charge is 0.391 e. The van der Waals surface area contributed by atoms with Gasteiger partial charge in [-0.1, -0.05) is 24.3 Å². The van der Waals surface area contributed by atoms with Crippen LogP contribution < -0.4 is 0 Å². The molecule has 0 aliphatic carbocycles. The van der Waals surface area contributed by atoms with Crippen molar-refractivity contribution in [2.75, 3.05) is 13.1 Å². The quantitative estimate of drug-likeness (QED) is 0.780. The van der Waals surface area contributed by atoms with Crippen LogP contribution in [0.2, 0.25) is 0 Å². The summed E-state index contributed by atoms with van der Waals surface area (Å²) in [5, 5.41) is 10.6. The van der Waals surface area contributed by atoms with E-state index in [2.05, 4.69) is 22.5 Å². The summed E-state index contributed by atoms with van der Waals surface area (Å²) in [7, 11) is 0. The van der Waals surface area contributed by atoms with Gasteiger partial charge in [0.25, 0.3) is 0 Å². The van der Waals surface area contributed by atoms with Crippen molar-refractivity contribution in [1.82, 2.24) is 14.5 Å². The number of aliphatic hydroxyl groups excluding tert-OH is 1. The van der Waals surface area contributed by atoms with Crippen molar-refractivity contribution in [2.24, 2.45) is 0 Å². The molecule has 2 heterocycles. The number of fused-ring (bicyclic) bond motifs is 1. The summed E-state index contributed by atoms with van der Waals surface area (Å²) < 4.78 is 15.4. The Morgan fingerprint density at radius 1 is 1.15 bits per heavy atom. The molecular weight excluding hydrogens is 329 g/mol. The first-order valence-electron chi connectivity index (χ1n) is 9.25. The Bertz CT molecular complexity index is 890. The van der Waals surface area contributed by atoms with Crippen LogP contribution in [-0.2, 0) is 13.1 Å². The Hall–Kier alpha value is -2.24. The molecule has 0 unspecified atom stereocenters. The first-order valence-corrected chi connectivity index (χ1v) is 9.25. The number of imidazole rings is 1. The molecule has 5 heteroatoms. The maximum absolute atomic E-state index is 13.1. The van der Waals surface area contributed by atoms with Crippen LogP contribution in [0.5, 0.6) is 0 Å². The van der Waals surface area contributed by atoms with E-state index in [0.29, 0.717) is 6.54 Å². The lowest BCUT2D eigenvalue weighted by molar-refractivity contribution is 0.0461. The minimum atomic E-state index is -0.450. The first kappa shape index (κ1) is 17.2. The van der Waals surface area contributed by atoms with Gasteiger partial charge in [-0.15, -0.1) is 0 Å². The topological polar surface area (TPSA) is 41.3 Å². The Morgan fingerprint density at radius 2 is 1.92 bits per heavy atom. The van der Waals surface area contributed by atoms with Crippen LogP contribution >= 0.6 is 0 Å². The van der Waals surface area contributed by atoms with Crippen molar-refractivity contribution in [3.05, 3.63) is 65.7 Å². The van der Waals surface area contributed by atoms with Crippen LogP contribution in [-0.4, -0.2) is 38.8 Å². The molecule has 1 N–H and O–H groups in total. The fourth-order valence-electron chi connectivity index (χ4n) is 4.04. The van der Waals surface area contributed by atoms with Crippen LogP contribution in [0.15, 0.2) is 48.5 Å². The molecule has 1 fully saturated rings. The monoisotopic (exact) mass is 353 g/mol. The highest BCUT2D eigenvalue weighted by Crippen LogP contribution is 2.29. The molecule has 0 spiro atoms. The summed E-state index contributed by atoms with van der Waals surface area (Å²) in [6.07, 6.45) is 0.410. The first-order chi connectivity index (χ1) is 12.7. The van der Waals surface area contributed by atoms with E-state index in [1.165, 1.54) is 12.1 Å². The predicted molar refractivity (Wildman–Crippen MR) is 100 cm³/mol. The summed E-state index contributed by atoms with van der Waals surface area (Å²) in [5.41, 5.74) is 3.19. The van der Waals surface area contributed by atoms with Gasteiger partial charge in [-0.3, -0.25) is 4.90 Å². The van der Waals surface area contributed by atoms with Gasteiger partial charge >= 0.3 is 0 Å². The number of benzene rings is 2. The number of aliphatic hydroxyl groups is 1. The number of nitrogens with zero attached hydrogens (tertiary/aromatic N) is 3. The van der Waals surface area contributed by atoms with Crippen LogP contribution in [0, 0.1) is 5.82 Å². The third-order valence-electron chi connectivity index (χ3n) is 5.38. The molecule has 1 aliphatic heterocycles. The number of rotatable bonds is 4. The van der Waals surface area contributed by atoms with Crippen molar-refractivity contribution in [1.29, 1.82) is 0 Å². The molecule has 3 aromatic rings. The summed E-state index contributed by atoms with van der Waals surface area (Å²) in [6, 6.07) is 14.7. The smallest absolute Gasteiger partial charge is 0.124 e. The SMILES string of the molecule is CCn1c(CN2CC[C@H](c3ccc(F)cc3)[C@@H](O)C2)nc2ccccc21. The zero-order valence-electron chi connectivity index (χ0n) is 15.0. The van der Waals surface area contributed by atoms with Gasteiger partial charge in [-0.25, -0.2) is 9.37 Å². The highest BCUT2D eigenvalue weighted by molar-refractivity contribution is 5.75. The number of aromatic nitrogens is 2. The van der Waals surface area contributed by atoms with E-state index in [1.54, 1.807) is 12.1 Å². The van der Waals surface area contributed by atoms with E-state index in [0.717, 1.165) is 48.5 Å². The van der Waals surface area contributed by atoms with E-state index in [-0.39, 0.29) is 11.7 Å². The molecule has 1 aromatic heterocycles. The van der Waals surface area contributed by atoms with Crippen LogP contribution in [0.4, 0.5) is 4.39 Å². The molecule has 2 atom stereocenters. The Balaban J connectivity index is 1.49. The summed E-state index contributed by atoms with van der Waals surface area (Å²) in [5.74, 6) is 0.872. The van der Waals surface area contributed by atoms with E-state index in [9.17, 15) is 9.50 Å². The van der Waals surface area contributed by atoms with Gasteiger partial charge in [0.15, 0.2) is 0 Å². The van der Waals surface area contributed by atoms with Crippen LogP contribution in [0.3, 0.4) is 0 Å². The fourth-order valence-corrected chi connectivity index (χ4v) is 4.04. The number of piperidine rings is 1. The molecule has 0 saturated carbocycles. The molecule has 4 rings (SSSR count). The Kier molecular flexibility index (Phi) is 4.74. The van der Waals surface area contributed by atoms with Crippen molar-refractivity contribution in [3.63, 3.8) is 0 Å². The molecule has 4 nitrogen and oxygen atoms in total. The highest BCUT2D eigenvalue weighted by Gasteiger charge is 2.29. The van der Waals surface area contributed by atoms with Gasteiger partial charge in [0.05, 0.1) is 23.7 Å². The number of halogens is 1. The van der Waals surface area contributed by atoms with Gasteiger partial charge in [0, 0.05) is 19.0 Å². The predicted octanol–water partition coefficient (Wildman–Crippen LogP) is 3.55. The standard InChI is InChI=1S/C21H24FN3O/c1-2-25-19-6-4-3-5-18(19)23-21(25)14-24-12-11-17(20(26)13-24)15-7-9-16(22)10-8-15/h3-10,17,20,26H,2,11-14H2,1H3/t17-,20+/m1/s1. The number of para-hydroxylation sites is 2. The Labute approximate surface area is 152 Å². The highest BCUT2D eigenvalue weighted by atomic mass is 19.1. The van der Waals surface area contributed by atoms with Gasteiger partial charge in [0.2, 0.25) is 0 Å². The second kappa shape index (κ2) is 7.17. The third kappa shape index (κ3) is 3.24. The number of hydrogen-bond acceptors (Lipinski definition) is 3. The van der Waals surface area contributed by atoms with E-state index in [4.69, 9.17) is 4.98 Å². The van der Waals surface area contributed by atoms with Crippen molar-refractivity contribution < 1.29 is 9.50 Å². The summed E-state index contributed by atoms with van der Waals surface area (Å²) >= 11 is 0. The lowest BCUT2D eigenvalue weighted by Gasteiger charge is -2.36. The minimum absolute atomic E-state index is 0.0665. The molecule has 0 radical (unpaired) electrons. The van der Waals surface area contributed by atoms with Crippen molar-refractivity contribution in [3.8, 4) is 0 Å².